The largest absolute Gasteiger partial charge is 0.309 e. The van der Waals surface area contributed by atoms with E-state index in [1.54, 1.807) is 0 Å². The second-order valence-electron chi connectivity index (χ2n) is 4.11. The first-order valence-electron chi connectivity index (χ1n) is 4.85. The lowest BCUT2D eigenvalue weighted by atomic mass is 10.1. The standard InChI is InChI=1S/C10H24N2/c1-10(12(4)5)8-6-7-9-11(2)3/h10H,6-9H2,1-5H3. The van der Waals surface area contributed by atoms with Crippen LogP contribution in [0.1, 0.15) is 26.2 Å². The molecule has 0 spiro atoms. The summed E-state index contributed by atoms with van der Waals surface area (Å²) in [6.45, 7) is 3.51. The van der Waals surface area contributed by atoms with Crippen LogP contribution >= 0.6 is 0 Å². The van der Waals surface area contributed by atoms with Gasteiger partial charge in [-0.3, -0.25) is 0 Å². The van der Waals surface area contributed by atoms with Crippen LogP contribution in [0.2, 0.25) is 0 Å². The Balaban J connectivity index is 3.20. The molecule has 0 fully saturated rings. The van der Waals surface area contributed by atoms with Crippen molar-refractivity contribution in [2.24, 2.45) is 0 Å². The third-order valence-electron chi connectivity index (χ3n) is 2.36. The van der Waals surface area contributed by atoms with E-state index >= 15 is 0 Å². The Morgan fingerprint density at radius 1 is 1.00 bits per heavy atom. The fourth-order valence-corrected chi connectivity index (χ4v) is 1.13. The molecule has 0 aromatic rings. The van der Waals surface area contributed by atoms with Crippen molar-refractivity contribution in [3.05, 3.63) is 0 Å². The lowest BCUT2D eigenvalue weighted by Crippen LogP contribution is -2.24. The van der Waals surface area contributed by atoms with Crippen molar-refractivity contribution in [2.45, 2.75) is 32.2 Å². The van der Waals surface area contributed by atoms with Crippen molar-refractivity contribution >= 4 is 0 Å². The Hall–Kier alpha value is -0.0800. The van der Waals surface area contributed by atoms with E-state index in [2.05, 4.69) is 44.9 Å². The molecule has 0 amide bonds. The van der Waals surface area contributed by atoms with Crippen LogP contribution in [0.15, 0.2) is 0 Å². The Morgan fingerprint density at radius 2 is 1.58 bits per heavy atom. The van der Waals surface area contributed by atoms with Gasteiger partial charge in [-0.05, 0) is 54.5 Å². The molecule has 74 valence electrons. The minimum absolute atomic E-state index is 0.729. The summed E-state index contributed by atoms with van der Waals surface area (Å²) in [5.41, 5.74) is 0. The van der Waals surface area contributed by atoms with E-state index in [-0.39, 0.29) is 0 Å². The number of nitrogens with zero attached hydrogens (tertiary/aromatic N) is 2. The van der Waals surface area contributed by atoms with E-state index in [9.17, 15) is 0 Å². The molecule has 2 heteroatoms. The maximum atomic E-state index is 2.29. The van der Waals surface area contributed by atoms with Gasteiger partial charge in [0.2, 0.25) is 0 Å². The predicted molar refractivity (Wildman–Crippen MR) is 55.6 cm³/mol. The lowest BCUT2D eigenvalue weighted by molar-refractivity contribution is 0.286. The van der Waals surface area contributed by atoms with Crippen LogP contribution in [0.4, 0.5) is 0 Å². The average Bonchev–Trinajstić information content (AvgIpc) is 1.97. The molecule has 0 aliphatic carbocycles. The topological polar surface area (TPSA) is 6.48 Å². The first-order valence-corrected chi connectivity index (χ1v) is 4.85. The van der Waals surface area contributed by atoms with Gasteiger partial charge < -0.3 is 9.80 Å². The molecule has 1 atom stereocenters. The molecule has 0 N–H and O–H groups in total. The number of hydrogen-bond donors (Lipinski definition) is 0. The van der Waals surface area contributed by atoms with Crippen LogP contribution in [0.3, 0.4) is 0 Å². The average molecular weight is 172 g/mol. The maximum Gasteiger partial charge on any atom is 0.00608 e. The molecule has 0 bridgehead atoms. The van der Waals surface area contributed by atoms with Crippen molar-refractivity contribution < 1.29 is 0 Å². The van der Waals surface area contributed by atoms with Crippen LogP contribution in [0, 0.1) is 0 Å². The van der Waals surface area contributed by atoms with Gasteiger partial charge in [-0.15, -0.1) is 0 Å². The molecule has 0 radical (unpaired) electrons. The molecule has 0 aromatic heterocycles. The normalized spacial score (nSPS) is 14.2. The van der Waals surface area contributed by atoms with Gasteiger partial charge in [0.15, 0.2) is 0 Å². The van der Waals surface area contributed by atoms with Crippen molar-refractivity contribution in [2.75, 3.05) is 34.7 Å². The maximum absolute atomic E-state index is 2.29. The third-order valence-corrected chi connectivity index (χ3v) is 2.36. The Labute approximate surface area is 77.5 Å². The van der Waals surface area contributed by atoms with Gasteiger partial charge in [0, 0.05) is 6.04 Å². The summed E-state index contributed by atoms with van der Waals surface area (Å²) in [6.07, 6.45) is 3.99. The van der Waals surface area contributed by atoms with Crippen LogP contribution in [-0.4, -0.2) is 50.6 Å². The SMILES string of the molecule is CC(CCCCN(C)C)N(C)C. The quantitative estimate of drug-likeness (QED) is 0.562. The van der Waals surface area contributed by atoms with Crippen molar-refractivity contribution in [1.82, 2.24) is 9.80 Å². The molecular weight excluding hydrogens is 148 g/mol. The second kappa shape index (κ2) is 6.44. The molecule has 0 rings (SSSR count). The summed E-state index contributed by atoms with van der Waals surface area (Å²) in [4.78, 5) is 4.54. The first-order chi connectivity index (χ1) is 5.54. The fourth-order valence-electron chi connectivity index (χ4n) is 1.13. The molecule has 0 heterocycles. The van der Waals surface area contributed by atoms with E-state index in [4.69, 9.17) is 0 Å². The van der Waals surface area contributed by atoms with E-state index in [1.165, 1.54) is 25.8 Å². The predicted octanol–water partition coefficient (Wildman–Crippen LogP) is 1.67. The van der Waals surface area contributed by atoms with Gasteiger partial charge in [0.05, 0.1) is 0 Å². The van der Waals surface area contributed by atoms with Crippen LogP contribution in [0.5, 0.6) is 0 Å². The van der Waals surface area contributed by atoms with Crippen molar-refractivity contribution in [3.8, 4) is 0 Å². The summed E-state index contributed by atoms with van der Waals surface area (Å²) < 4.78 is 0. The van der Waals surface area contributed by atoms with E-state index in [1.807, 2.05) is 0 Å². The molecule has 0 saturated carbocycles. The van der Waals surface area contributed by atoms with Crippen molar-refractivity contribution in [3.63, 3.8) is 0 Å². The third kappa shape index (κ3) is 6.62. The van der Waals surface area contributed by atoms with Gasteiger partial charge in [-0.1, -0.05) is 6.42 Å². The summed E-state index contributed by atoms with van der Waals surface area (Å²) in [7, 11) is 8.57. The minimum Gasteiger partial charge on any atom is -0.309 e. The van der Waals surface area contributed by atoms with Gasteiger partial charge in [-0.25, -0.2) is 0 Å². The molecular formula is C10H24N2. The highest BCUT2D eigenvalue weighted by Crippen LogP contribution is 2.04. The highest BCUT2D eigenvalue weighted by atomic mass is 15.1. The molecule has 0 saturated heterocycles. The Bertz CT molecular complexity index is 100. The lowest BCUT2D eigenvalue weighted by Gasteiger charge is -2.19. The molecule has 2 nitrogen and oxygen atoms in total. The van der Waals surface area contributed by atoms with Gasteiger partial charge in [0.1, 0.15) is 0 Å². The van der Waals surface area contributed by atoms with E-state index < -0.39 is 0 Å². The van der Waals surface area contributed by atoms with E-state index in [0.717, 1.165) is 6.04 Å². The van der Waals surface area contributed by atoms with Crippen molar-refractivity contribution in [1.29, 1.82) is 0 Å². The smallest absolute Gasteiger partial charge is 0.00608 e. The van der Waals surface area contributed by atoms with Gasteiger partial charge >= 0.3 is 0 Å². The summed E-state index contributed by atoms with van der Waals surface area (Å²) in [6, 6.07) is 0.729. The van der Waals surface area contributed by atoms with Crippen LogP contribution in [-0.2, 0) is 0 Å². The number of unbranched alkanes of at least 4 members (excludes halogenated alkanes) is 1. The van der Waals surface area contributed by atoms with Crippen LogP contribution in [0.25, 0.3) is 0 Å². The summed E-state index contributed by atoms with van der Waals surface area (Å²) >= 11 is 0. The Kier molecular flexibility index (Phi) is 6.39. The minimum atomic E-state index is 0.729. The Morgan fingerprint density at radius 3 is 2.00 bits per heavy atom. The zero-order valence-electron chi connectivity index (χ0n) is 9.30. The van der Waals surface area contributed by atoms with Gasteiger partial charge in [-0.2, -0.15) is 0 Å². The summed E-state index contributed by atoms with van der Waals surface area (Å²) in [5.74, 6) is 0. The molecule has 0 aromatic carbocycles. The monoisotopic (exact) mass is 172 g/mol. The molecule has 0 aliphatic heterocycles. The van der Waals surface area contributed by atoms with Crippen LogP contribution < -0.4 is 0 Å². The molecule has 12 heavy (non-hydrogen) atoms. The number of rotatable bonds is 6. The summed E-state index contributed by atoms with van der Waals surface area (Å²) in [5, 5.41) is 0. The molecule has 1 unspecified atom stereocenters. The number of hydrogen-bond acceptors (Lipinski definition) is 2. The van der Waals surface area contributed by atoms with E-state index in [0.29, 0.717) is 0 Å². The first kappa shape index (κ1) is 11.9. The highest BCUT2D eigenvalue weighted by molar-refractivity contribution is 4.59. The highest BCUT2D eigenvalue weighted by Gasteiger charge is 2.02. The second-order valence-corrected chi connectivity index (χ2v) is 4.11. The zero-order chi connectivity index (χ0) is 9.56. The molecule has 0 aliphatic rings. The fraction of sp³-hybridized carbons (Fsp3) is 1.00. The zero-order valence-corrected chi connectivity index (χ0v) is 9.30. The van der Waals surface area contributed by atoms with Gasteiger partial charge in [0.25, 0.3) is 0 Å².